The topological polar surface area (TPSA) is 64.7 Å². The molecule has 2 aromatic carbocycles. The fraction of sp³-hybridized carbons (Fsp3) is 0.364. The minimum atomic E-state index is -0.884. The summed E-state index contributed by atoms with van der Waals surface area (Å²) in [7, 11) is 2.04. The summed E-state index contributed by atoms with van der Waals surface area (Å²) in [6.07, 6.45) is 0. The molecule has 9 heteroatoms. The van der Waals surface area contributed by atoms with Crippen LogP contribution in [0.1, 0.15) is 28.9 Å². The summed E-state index contributed by atoms with van der Waals surface area (Å²) >= 11 is 0. The Balaban J connectivity index is 1.63. The minimum Gasteiger partial charge on any atom is -0.369 e. The van der Waals surface area contributed by atoms with Crippen molar-refractivity contribution in [2.24, 2.45) is 0 Å². The summed E-state index contributed by atoms with van der Waals surface area (Å²) in [5.41, 5.74) is 1.26. The first-order chi connectivity index (χ1) is 14.7. The third-order valence-corrected chi connectivity index (χ3v) is 5.21. The minimum absolute atomic E-state index is 0.221. The number of benzene rings is 2. The van der Waals surface area contributed by atoms with Gasteiger partial charge in [0.1, 0.15) is 17.5 Å². The zero-order valence-electron chi connectivity index (χ0n) is 17.4. The van der Waals surface area contributed by atoms with Gasteiger partial charge in [-0.1, -0.05) is 0 Å². The Labute approximate surface area is 179 Å². The van der Waals surface area contributed by atoms with Crippen LogP contribution < -0.4 is 15.5 Å². The number of piperazine rings is 1. The highest BCUT2D eigenvalue weighted by molar-refractivity contribution is 5.96. The first kappa shape index (κ1) is 22.6. The Hall–Kier alpha value is -3.07. The molecule has 3 rings (SSSR count). The Kier molecular flexibility index (Phi) is 7.17. The summed E-state index contributed by atoms with van der Waals surface area (Å²) in [6, 6.07) is 6.40. The summed E-state index contributed by atoms with van der Waals surface area (Å²) < 4.78 is 40.4. The molecule has 166 valence electrons. The Morgan fingerprint density at radius 1 is 0.968 bits per heavy atom. The van der Waals surface area contributed by atoms with Crippen molar-refractivity contribution >= 4 is 17.5 Å². The fourth-order valence-electron chi connectivity index (χ4n) is 3.53. The molecule has 0 bridgehead atoms. The Morgan fingerprint density at radius 3 is 2.26 bits per heavy atom. The number of carbonyl (C=O) groups excluding carboxylic acids is 2. The molecule has 0 aromatic heterocycles. The lowest BCUT2D eigenvalue weighted by molar-refractivity contribution is -0.120. The van der Waals surface area contributed by atoms with Crippen LogP contribution in [-0.2, 0) is 4.79 Å². The van der Waals surface area contributed by atoms with E-state index in [9.17, 15) is 22.8 Å². The standard InChI is InChI=1S/C22H25F3N4O2/c1-14(19-12-16(23)3-4-20(19)29-7-5-28(2)6-8-29)27-21(30)13-26-22(31)15-9-17(24)11-18(25)10-15/h3-4,9-12,14H,5-8,13H2,1-2H3,(H,26,31)(H,27,30). The summed E-state index contributed by atoms with van der Waals surface area (Å²) in [5, 5.41) is 5.07. The van der Waals surface area contributed by atoms with E-state index >= 15 is 0 Å². The highest BCUT2D eigenvalue weighted by Gasteiger charge is 2.21. The number of carbonyl (C=O) groups is 2. The van der Waals surface area contributed by atoms with Crippen LogP contribution in [0.2, 0.25) is 0 Å². The van der Waals surface area contributed by atoms with Gasteiger partial charge in [-0.25, -0.2) is 13.2 Å². The smallest absolute Gasteiger partial charge is 0.251 e. The van der Waals surface area contributed by atoms with Crippen LogP contribution in [0.3, 0.4) is 0 Å². The van der Waals surface area contributed by atoms with Gasteiger partial charge in [0.25, 0.3) is 5.91 Å². The van der Waals surface area contributed by atoms with Crippen LogP contribution in [-0.4, -0.2) is 56.5 Å². The van der Waals surface area contributed by atoms with Crippen molar-refractivity contribution in [1.82, 2.24) is 15.5 Å². The van der Waals surface area contributed by atoms with Crippen molar-refractivity contribution in [3.63, 3.8) is 0 Å². The first-order valence-electron chi connectivity index (χ1n) is 9.99. The number of hydrogen-bond acceptors (Lipinski definition) is 4. The highest BCUT2D eigenvalue weighted by atomic mass is 19.1. The third kappa shape index (κ3) is 5.97. The molecule has 1 heterocycles. The molecule has 6 nitrogen and oxygen atoms in total. The highest BCUT2D eigenvalue weighted by Crippen LogP contribution is 2.28. The van der Waals surface area contributed by atoms with Gasteiger partial charge in [0.05, 0.1) is 12.6 Å². The predicted molar refractivity (Wildman–Crippen MR) is 111 cm³/mol. The molecule has 2 aromatic rings. The number of nitrogens with one attached hydrogen (secondary N) is 2. The van der Waals surface area contributed by atoms with Gasteiger partial charge in [0, 0.05) is 49.1 Å². The van der Waals surface area contributed by atoms with Gasteiger partial charge in [-0.15, -0.1) is 0 Å². The molecule has 1 aliphatic rings. The molecule has 0 saturated carbocycles. The Morgan fingerprint density at radius 2 is 1.61 bits per heavy atom. The monoisotopic (exact) mass is 434 g/mol. The molecule has 1 unspecified atom stereocenters. The van der Waals surface area contributed by atoms with Gasteiger partial charge in [0.15, 0.2) is 0 Å². The van der Waals surface area contributed by atoms with Crippen molar-refractivity contribution in [1.29, 1.82) is 0 Å². The summed E-state index contributed by atoms with van der Waals surface area (Å²) in [4.78, 5) is 28.7. The van der Waals surface area contributed by atoms with Crippen LogP contribution in [0.15, 0.2) is 36.4 Å². The number of likely N-dealkylation sites (N-methyl/N-ethyl adjacent to an activating group) is 1. The van der Waals surface area contributed by atoms with Crippen molar-refractivity contribution in [3.05, 3.63) is 65.0 Å². The molecule has 31 heavy (non-hydrogen) atoms. The number of amides is 2. The molecular weight excluding hydrogens is 409 g/mol. The lowest BCUT2D eigenvalue weighted by atomic mass is 10.0. The molecule has 2 amide bonds. The SMILES string of the molecule is CC(NC(=O)CNC(=O)c1cc(F)cc(F)c1)c1cc(F)ccc1N1CCN(C)CC1. The van der Waals surface area contributed by atoms with Crippen molar-refractivity contribution in [2.45, 2.75) is 13.0 Å². The zero-order valence-corrected chi connectivity index (χ0v) is 17.4. The Bertz CT molecular complexity index is 942. The van der Waals surface area contributed by atoms with Crippen molar-refractivity contribution in [2.75, 3.05) is 44.7 Å². The van der Waals surface area contributed by atoms with E-state index in [0.29, 0.717) is 11.6 Å². The molecule has 1 aliphatic heterocycles. The average molecular weight is 434 g/mol. The van der Waals surface area contributed by atoms with Crippen molar-refractivity contribution < 1.29 is 22.8 Å². The average Bonchev–Trinajstić information content (AvgIpc) is 2.72. The van der Waals surface area contributed by atoms with Crippen LogP contribution >= 0.6 is 0 Å². The number of rotatable bonds is 6. The number of hydrogen-bond donors (Lipinski definition) is 2. The summed E-state index contributed by atoms with van der Waals surface area (Å²) in [6.45, 7) is 4.68. The number of halogens is 3. The van der Waals surface area contributed by atoms with Gasteiger partial charge >= 0.3 is 0 Å². The van der Waals surface area contributed by atoms with Crippen LogP contribution in [0.5, 0.6) is 0 Å². The van der Waals surface area contributed by atoms with Crippen molar-refractivity contribution in [3.8, 4) is 0 Å². The lowest BCUT2D eigenvalue weighted by Crippen LogP contribution is -2.45. The number of anilines is 1. The molecule has 1 fully saturated rings. The van der Waals surface area contributed by atoms with Gasteiger partial charge < -0.3 is 20.4 Å². The van der Waals surface area contributed by atoms with E-state index in [0.717, 1.165) is 44.0 Å². The molecule has 1 atom stereocenters. The van der Waals surface area contributed by atoms with Gasteiger partial charge in [-0.05, 0) is 44.3 Å². The lowest BCUT2D eigenvalue weighted by Gasteiger charge is -2.36. The maximum Gasteiger partial charge on any atom is 0.251 e. The maximum atomic E-state index is 13.9. The molecule has 0 radical (unpaired) electrons. The maximum absolute atomic E-state index is 13.9. The largest absolute Gasteiger partial charge is 0.369 e. The normalized spacial score (nSPS) is 15.5. The molecule has 2 N–H and O–H groups in total. The van der Waals surface area contributed by atoms with E-state index < -0.39 is 35.3 Å². The third-order valence-electron chi connectivity index (χ3n) is 5.21. The van der Waals surface area contributed by atoms with E-state index in [4.69, 9.17) is 0 Å². The molecular formula is C22H25F3N4O2. The second kappa shape index (κ2) is 9.82. The van der Waals surface area contributed by atoms with Crippen LogP contribution in [0.25, 0.3) is 0 Å². The van der Waals surface area contributed by atoms with Gasteiger partial charge in [-0.2, -0.15) is 0 Å². The van der Waals surface area contributed by atoms with E-state index in [2.05, 4.69) is 20.4 Å². The summed E-state index contributed by atoms with van der Waals surface area (Å²) in [5.74, 6) is -3.46. The first-order valence-corrected chi connectivity index (χ1v) is 9.99. The van der Waals surface area contributed by atoms with E-state index in [1.165, 1.54) is 12.1 Å². The zero-order chi connectivity index (χ0) is 22.5. The predicted octanol–water partition coefficient (Wildman–Crippen LogP) is 2.46. The quantitative estimate of drug-likeness (QED) is 0.733. The molecule has 0 aliphatic carbocycles. The van der Waals surface area contributed by atoms with Crippen LogP contribution in [0.4, 0.5) is 18.9 Å². The molecule has 0 spiro atoms. The van der Waals surface area contributed by atoms with E-state index in [1.807, 2.05) is 7.05 Å². The number of nitrogens with zero attached hydrogens (tertiary/aromatic N) is 2. The second-order valence-electron chi connectivity index (χ2n) is 7.62. The van der Waals surface area contributed by atoms with Gasteiger partial charge in [-0.3, -0.25) is 9.59 Å². The van der Waals surface area contributed by atoms with Gasteiger partial charge in [0.2, 0.25) is 5.91 Å². The molecule has 1 saturated heterocycles. The van der Waals surface area contributed by atoms with E-state index in [-0.39, 0.29) is 12.1 Å². The second-order valence-corrected chi connectivity index (χ2v) is 7.62. The van der Waals surface area contributed by atoms with Crippen LogP contribution in [0, 0.1) is 17.5 Å². The van der Waals surface area contributed by atoms with E-state index in [1.54, 1.807) is 13.0 Å². The fourth-order valence-corrected chi connectivity index (χ4v) is 3.53.